The Hall–Kier alpha value is -0.670. The lowest BCUT2D eigenvalue weighted by Gasteiger charge is -2.30. The molecule has 0 bridgehead atoms. The minimum Gasteiger partial charge on any atom is -0.372 e. The van der Waals surface area contributed by atoms with Gasteiger partial charge in [-0.3, -0.25) is 0 Å². The van der Waals surface area contributed by atoms with Crippen LogP contribution in [0.25, 0.3) is 0 Å². The zero-order valence-electron chi connectivity index (χ0n) is 12.1. The molecule has 1 N–H and O–H groups in total. The van der Waals surface area contributed by atoms with E-state index in [-0.39, 0.29) is 0 Å². The molecule has 1 aromatic rings. The molecule has 0 amide bonds. The van der Waals surface area contributed by atoms with Crippen molar-refractivity contribution in [1.29, 1.82) is 0 Å². The molecule has 0 aliphatic carbocycles. The Morgan fingerprint density at radius 2 is 2.00 bits per heavy atom. The van der Waals surface area contributed by atoms with Gasteiger partial charge in [-0.25, -0.2) is 4.98 Å². The first-order valence-electron chi connectivity index (χ1n) is 6.85. The van der Waals surface area contributed by atoms with Crippen molar-refractivity contribution >= 4 is 34.8 Å². The van der Waals surface area contributed by atoms with Crippen molar-refractivity contribution in [3.05, 3.63) is 16.1 Å². The van der Waals surface area contributed by atoms with Gasteiger partial charge >= 0.3 is 0 Å². The van der Waals surface area contributed by atoms with Gasteiger partial charge in [-0.1, -0.05) is 43.5 Å². The van der Waals surface area contributed by atoms with Crippen molar-refractivity contribution in [3.8, 4) is 0 Å². The fraction of sp³-hybridized carbons (Fsp3) is 0.643. The van der Waals surface area contributed by atoms with E-state index in [0.29, 0.717) is 21.9 Å². The minimum atomic E-state index is 0.405. The van der Waals surface area contributed by atoms with Gasteiger partial charge in [-0.15, -0.1) is 0 Å². The normalized spacial score (nSPS) is 12.3. The lowest BCUT2D eigenvalue weighted by molar-refractivity contribution is 0.590. The van der Waals surface area contributed by atoms with Crippen molar-refractivity contribution in [2.75, 3.05) is 23.8 Å². The predicted molar refractivity (Wildman–Crippen MR) is 85.8 cm³/mol. The number of rotatable bonds is 7. The molecule has 1 rings (SSSR count). The van der Waals surface area contributed by atoms with Crippen LogP contribution in [-0.2, 0) is 0 Å². The largest absolute Gasteiger partial charge is 0.372 e. The van der Waals surface area contributed by atoms with Gasteiger partial charge in [-0.05, 0) is 25.8 Å². The van der Waals surface area contributed by atoms with Crippen molar-refractivity contribution in [1.82, 2.24) is 4.98 Å². The van der Waals surface area contributed by atoms with Crippen LogP contribution in [0.15, 0.2) is 6.07 Å². The summed E-state index contributed by atoms with van der Waals surface area (Å²) < 4.78 is 0. The molecule has 1 atom stereocenters. The van der Waals surface area contributed by atoms with E-state index in [9.17, 15) is 0 Å². The average molecular weight is 304 g/mol. The number of hydrogen-bond acceptors (Lipinski definition) is 3. The molecular formula is C14H23Cl2N3. The maximum Gasteiger partial charge on any atom is 0.150 e. The summed E-state index contributed by atoms with van der Waals surface area (Å²) in [6, 6.07) is 2.17. The van der Waals surface area contributed by atoms with Gasteiger partial charge in [0.1, 0.15) is 11.6 Å². The molecule has 0 aromatic carbocycles. The fourth-order valence-corrected chi connectivity index (χ4v) is 2.48. The molecule has 19 heavy (non-hydrogen) atoms. The van der Waals surface area contributed by atoms with Crippen LogP contribution in [0.4, 0.5) is 11.6 Å². The smallest absolute Gasteiger partial charge is 0.150 e. The topological polar surface area (TPSA) is 28.2 Å². The highest BCUT2D eigenvalue weighted by molar-refractivity contribution is 6.37. The highest BCUT2D eigenvalue weighted by Crippen LogP contribution is 2.32. The second-order valence-electron chi connectivity index (χ2n) is 4.68. The third kappa shape index (κ3) is 4.15. The standard InChI is InChI=1S/C14H23Cl2N3/c1-5-7-8-19(10(3)6-2)14-12(16)9-11(15)13(17-4)18-14/h9-10H,5-8H2,1-4H3,(H,17,18). The Bertz CT molecular complexity index is 410. The summed E-state index contributed by atoms with van der Waals surface area (Å²) in [6.07, 6.45) is 3.33. The summed E-state index contributed by atoms with van der Waals surface area (Å²) in [5.41, 5.74) is 0. The Labute approximate surface area is 126 Å². The summed E-state index contributed by atoms with van der Waals surface area (Å²) in [7, 11) is 1.81. The van der Waals surface area contributed by atoms with Crippen LogP contribution in [0.2, 0.25) is 10.0 Å². The van der Waals surface area contributed by atoms with Crippen LogP contribution in [0.1, 0.15) is 40.0 Å². The maximum absolute atomic E-state index is 6.32. The molecule has 1 heterocycles. The molecule has 1 unspecified atom stereocenters. The highest BCUT2D eigenvalue weighted by Gasteiger charge is 2.18. The molecule has 1 aromatic heterocycles. The van der Waals surface area contributed by atoms with Crippen molar-refractivity contribution in [2.45, 2.75) is 46.1 Å². The van der Waals surface area contributed by atoms with Crippen LogP contribution in [0, 0.1) is 0 Å². The quantitative estimate of drug-likeness (QED) is 0.781. The summed E-state index contributed by atoms with van der Waals surface area (Å²) in [5, 5.41) is 4.17. The van der Waals surface area contributed by atoms with Gasteiger partial charge in [-0.2, -0.15) is 0 Å². The number of nitrogens with one attached hydrogen (secondary N) is 1. The highest BCUT2D eigenvalue weighted by atomic mass is 35.5. The molecule has 5 heteroatoms. The van der Waals surface area contributed by atoms with E-state index in [2.05, 4.69) is 36.0 Å². The first kappa shape index (κ1) is 16.4. The zero-order valence-corrected chi connectivity index (χ0v) is 13.6. The maximum atomic E-state index is 6.32. The number of hydrogen-bond donors (Lipinski definition) is 1. The molecular weight excluding hydrogens is 281 g/mol. The third-order valence-corrected chi connectivity index (χ3v) is 3.86. The summed E-state index contributed by atoms with van der Waals surface area (Å²) in [5.74, 6) is 1.49. The Morgan fingerprint density at radius 1 is 1.32 bits per heavy atom. The Morgan fingerprint density at radius 3 is 2.53 bits per heavy atom. The number of aromatic nitrogens is 1. The van der Waals surface area contributed by atoms with Gasteiger partial charge in [0.25, 0.3) is 0 Å². The molecule has 108 valence electrons. The number of halogens is 2. The van der Waals surface area contributed by atoms with Gasteiger partial charge in [0.15, 0.2) is 0 Å². The second kappa shape index (κ2) is 7.81. The molecule has 0 aliphatic rings. The molecule has 0 fully saturated rings. The van der Waals surface area contributed by atoms with E-state index < -0.39 is 0 Å². The van der Waals surface area contributed by atoms with Crippen LogP contribution in [0.3, 0.4) is 0 Å². The van der Waals surface area contributed by atoms with Crippen LogP contribution >= 0.6 is 23.2 Å². The molecule has 3 nitrogen and oxygen atoms in total. The lowest BCUT2D eigenvalue weighted by Crippen LogP contribution is -2.34. The molecule has 0 spiro atoms. The van der Waals surface area contributed by atoms with E-state index in [1.54, 1.807) is 6.07 Å². The van der Waals surface area contributed by atoms with Crippen LogP contribution < -0.4 is 10.2 Å². The van der Waals surface area contributed by atoms with E-state index in [1.165, 1.54) is 0 Å². The predicted octanol–water partition coefficient (Wildman–Crippen LogP) is 4.84. The van der Waals surface area contributed by atoms with Crippen LogP contribution in [0.5, 0.6) is 0 Å². The van der Waals surface area contributed by atoms with Crippen molar-refractivity contribution in [3.63, 3.8) is 0 Å². The van der Waals surface area contributed by atoms with Crippen molar-refractivity contribution in [2.24, 2.45) is 0 Å². The monoisotopic (exact) mass is 303 g/mol. The summed E-state index contributed by atoms with van der Waals surface area (Å²) in [6.45, 7) is 7.52. The lowest BCUT2D eigenvalue weighted by atomic mass is 10.2. The van der Waals surface area contributed by atoms with Gasteiger partial charge in [0.2, 0.25) is 0 Å². The third-order valence-electron chi connectivity index (χ3n) is 3.30. The Kier molecular flexibility index (Phi) is 6.73. The molecule has 0 saturated carbocycles. The van der Waals surface area contributed by atoms with E-state index in [4.69, 9.17) is 23.2 Å². The average Bonchev–Trinajstić information content (AvgIpc) is 2.40. The number of nitrogens with zero attached hydrogens (tertiary/aromatic N) is 2. The number of unbranched alkanes of at least 4 members (excludes halogenated alkanes) is 1. The molecule has 0 saturated heterocycles. The van der Waals surface area contributed by atoms with Crippen molar-refractivity contribution < 1.29 is 0 Å². The minimum absolute atomic E-state index is 0.405. The zero-order chi connectivity index (χ0) is 14.4. The van der Waals surface area contributed by atoms with E-state index >= 15 is 0 Å². The summed E-state index contributed by atoms with van der Waals surface area (Å²) >= 11 is 12.4. The fourth-order valence-electron chi connectivity index (χ4n) is 1.92. The van der Waals surface area contributed by atoms with E-state index in [0.717, 1.165) is 31.6 Å². The molecule has 0 radical (unpaired) electrons. The van der Waals surface area contributed by atoms with Crippen LogP contribution in [-0.4, -0.2) is 24.6 Å². The number of anilines is 2. The first-order valence-corrected chi connectivity index (χ1v) is 7.61. The van der Waals surface area contributed by atoms with Gasteiger partial charge in [0, 0.05) is 19.6 Å². The van der Waals surface area contributed by atoms with Gasteiger partial charge < -0.3 is 10.2 Å². The number of pyridine rings is 1. The summed E-state index contributed by atoms with van der Waals surface area (Å²) in [4.78, 5) is 6.83. The van der Waals surface area contributed by atoms with E-state index in [1.807, 2.05) is 7.05 Å². The Balaban J connectivity index is 3.13. The van der Waals surface area contributed by atoms with Gasteiger partial charge in [0.05, 0.1) is 10.0 Å². The SMILES string of the molecule is CCCCN(c1nc(NC)c(Cl)cc1Cl)C(C)CC. The molecule has 0 aliphatic heterocycles. The first-order chi connectivity index (χ1) is 9.04. The second-order valence-corrected chi connectivity index (χ2v) is 5.49.